The molecule has 0 unspecified atom stereocenters. The van der Waals surface area contributed by atoms with Crippen LogP contribution >= 0.6 is 0 Å². The Hall–Kier alpha value is -3.09. The van der Waals surface area contributed by atoms with Gasteiger partial charge in [-0.25, -0.2) is 4.79 Å². The second-order valence-corrected chi connectivity index (χ2v) is 6.83. The van der Waals surface area contributed by atoms with Gasteiger partial charge in [-0.1, -0.05) is 36.4 Å². The zero-order valence-electron chi connectivity index (χ0n) is 17.0. The maximum absolute atomic E-state index is 12.0. The average Bonchev–Trinajstić information content (AvgIpc) is 2.72. The fourth-order valence-corrected chi connectivity index (χ4v) is 3.12. The van der Waals surface area contributed by atoms with Crippen LogP contribution in [0.1, 0.15) is 32.6 Å². The van der Waals surface area contributed by atoms with Gasteiger partial charge in [-0.15, -0.1) is 0 Å². The Bertz CT molecular complexity index is 832. The first-order chi connectivity index (χ1) is 14.0. The van der Waals surface area contributed by atoms with Crippen molar-refractivity contribution in [3.63, 3.8) is 0 Å². The average molecular weight is 399 g/mol. The number of hydrogen-bond acceptors (Lipinski definition) is 5. The fraction of sp³-hybridized carbons (Fsp3) is 0.409. The van der Waals surface area contributed by atoms with Gasteiger partial charge in [0.05, 0.1) is 7.11 Å². The third-order valence-corrected chi connectivity index (χ3v) is 4.56. The van der Waals surface area contributed by atoms with Gasteiger partial charge in [-0.2, -0.15) is 0 Å². The number of fused-ring (bicyclic) bond motifs is 1. The molecule has 0 fully saturated rings. The van der Waals surface area contributed by atoms with E-state index in [4.69, 9.17) is 0 Å². The normalized spacial score (nSPS) is 11.5. The summed E-state index contributed by atoms with van der Waals surface area (Å²) in [5, 5.41) is 11.1. The van der Waals surface area contributed by atoms with Crippen LogP contribution < -0.4 is 16.0 Å². The molecule has 0 spiro atoms. The Labute approximate surface area is 171 Å². The van der Waals surface area contributed by atoms with Gasteiger partial charge < -0.3 is 20.7 Å². The number of unbranched alkanes of at least 4 members (excludes halogenated alkanes) is 1. The molecule has 0 aliphatic heterocycles. The summed E-state index contributed by atoms with van der Waals surface area (Å²) in [6, 6.07) is 13.5. The second-order valence-electron chi connectivity index (χ2n) is 6.83. The van der Waals surface area contributed by atoms with Crippen molar-refractivity contribution in [3.05, 3.63) is 42.5 Å². The molecule has 0 saturated carbocycles. The van der Waals surface area contributed by atoms with Gasteiger partial charge in [0.2, 0.25) is 11.8 Å². The minimum Gasteiger partial charge on any atom is -0.467 e. The summed E-state index contributed by atoms with van der Waals surface area (Å²) >= 11 is 0. The number of amides is 2. The molecule has 7 nitrogen and oxygen atoms in total. The van der Waals surface area contributed by atoms with Crippen molar-refractivity contribution < 1.29 is 19.1 Å². The van der Waals surface area contributed by atoms with Gasteiger partial charge in [0.1, 0.15) is 6.04 Å². The lowest BCUT2D eigenvalue weighted by molar-refractivity contribution is -0.145. The third-order valence-electron chi connectivity index (χ3n) is 4.56. The van der Waals surface area contributed by atoms with Gasteiger partial charge >= 0.3 is 5.97 Å². The number of nitrogens with one attached hydrogen (secondary N) is 3. The Kier molecular flexibility index (Phi) is 8.95. The smallest absolute Gasteiger partial charge is 0.328 e. The van der Waals surface area contributed by atoms with Crippen LogP contribution in [-0.4, -0.2) is 44.0 Å². The summed E-state index contributed by atoms with van der Waals surface area (Å²) < 4.78 is 4.69. The van der Waals surface area contributed by atoms with Crippen LogP contribution in [0.3, 0.4) is 0 Å². The van der Waals surface area contributed by atoms with Crippen LogP contribution in [0.15, 0.2) is 42.5 Å². The van der Waals surface area contributed by atoms with E-state index in [0.717, 1.165) is 22.9 Å². The summed E-state index contributed by atoms with van der Waals surface area (Å²) in [7, 11) is 1.30. The standard InChI is InChI=1S/C22H29N3O4/c1-16(26)25-20(22(28)29-2)11-5-6-14-24-21(27)13-15-23-19-12-7-9-17-8-3-4-10-18(17)19/h3-4,7-10,12,20,23H,5-6,11,13-15H2,1-2H3,(H,24,27)(H,25,26)/t20-/m0/s1. The predicted octanol–water partition coefficient (Wildman–Crippen LogP) is 2.61. The first-order valence-electron chi connectivity index (χ1n) is 9.84. The van der Waals surface area contributed by atoms with E-state index in [1.165, 1.54) is 14.0 Å². The topological polar surface area (TPSA) is 96.5 Å². The highest BCUT2D eigenvalue weighted by molar-refractivity contribution is 5.93. The first-order valence-corrected chi connectivity index (χ1v) is 9.84. The second kappa shape index (κ2) is 11.7. The lowest BCUT2D eigenvalue weighted by Gasteiger charge is -2.15. The molecular formula is C22H29N3O4. The molecule has 2 amide bonds. The van der Waals surface area contributed by atoms with Crippen LogP contribution in [0, 0.1) is 0 Å². The maximum Gasteiger partial charge on any atom is 0.328 e. The van der Waals surface area contributed by atoms with E-state index < -0.39 is 12.0 Å². The van der Waals surface area contributed by atoms with Gasteiger partial charge in [0.25, 0.3) is 0 Å². The molecule has 0 bridgehead atoms. The van der Waals surface area contributed by atoms with Gasteiger partial charge in [-0.05, 0) is 30.7 Å². The van der Waals surface area contributed by atoms with Crippen molar-refractivity contribution in [2.75, 3.05) is 25.5 Å². The first kappa shape index (κ1) is 22.2. The monoisotopic (exact) mass is 399 g/mol. The van der Waals surface area contributed by atoms with Crippen LogP contribution in [-0.2, 0) is 19.1 Å². The maximum atomic E-state index is 12.0. The molecule has 2 rings (SSSR count). The van der Waals surface area contributed by atoms with E-state index >= 15 is 0 Å². The molecule has 7 heteroatoms. The quantitative estimate of drug-likeness (QED) is 0.399. The number of carbonyl (C=O) groups excluding carboxylic acids is 3. The van der Waals surface area contributed by atoms with Crippen LogP contribution in [0.2, 0.25) is 0 Å². The summed E-state index contributed by atoms with van der Waals surface area (Å²) in [6.45, 7) is 2.44. The molecule has 0 radical (unpaired) electrons. The molecule has 0 heterocycles. The Morgan fingerprint density at radius 1 is 1.00 bits per heavy atom. The van der Waals surface area contributed by atoms with E-state index in [2.05, 4.69) is 38.9 Å². The molecule has 0 aromatic heterocycles. The molecule has 0 saturated heterocycles. The number of anilines is 1. The molecule has 0 aliphatic rings. The number of methoxy groups -OCH3 is 1. The summed E-state index contributed by atoms with van der Waals surface area (Å²) in [6.07, 6.45) is 2.26. The van der Waals surface area contributed by atoms with Crippen LogP contribution in [0.4, 0.5) is 5.69 Å². The summed E-state index contributed by atoms with van der Waals surface area (Å²) in [4.78, 5) is 34.8. The molecule has 0 aliphatic carbocycles. The summed E-state index contributed by atoms with van der Waals surface area (Å²) in [5.74, 6) is -0.750. The Morgan fingerprint density at radius 3 is 2.52 bits per heavy atom. The van der Waals surface area contributed by atoms with Crippen molar-refractivity contribution in [2.24, 2.45) is 0 Å². The van der Waals surface area contributed by atoms with Crippen molar-refractivity contribution in [1.29, 1.82) is 0 Å². The predicted molar refractivity (Wildman–Crippen MR) is 114 cm³/mol. The van der Waals surface area contributed by atoms with Crippen molar-refractivity contribution in [1.82, 2.24) is 10.6 Å². The number of rotatable bonds is 11. The van der Waals surface area contributed by atoms with Crippen molar-refractivity contribution >= 4 is 34.2 Å². The number of ether oxygens (including phenoxy) is 1. The molecule has 2 aromatic carbocycles. The third kappa shape index (κ3) is 7.44. The van der Waals surface area contributed by atoms with Gasteiger partial charge in [0, 0.05) is 37.5 Å². The SMILES string of the molecule is COC(=O)[C@H](CCCCNC(=O)CCNc1cccc2ccccc12)NC(C)=O. The Morgan fingerprint density at radius 2 is 1.76 bits per heavy atom. The zero-order chi connectivity index (χ0) is 21.1. The van der Waals surface area contributed by atoms with Gasteiger partial charge in [-0.3, -0.25) is 9.59 Å². The number of esters is 1. The van der Waals surface area contributed by atoms with E-state index in [9.17, 15) is 14.4 Å². The zero-order valence-corrected chi connectivity index (χ0v) is 17.0. The number of carbonyl (C=O) groups is 3. The minimum atomic E-state index is -0.641. The van der Waals surface area contributed by atoms with E-state index in [1.807, 2.05) is 24.3 Å². The largest absolute Gasteiger partial charge is 0.467 e. The molecule has 3 N–H and O–H groups in total. The Balaban J connectivity index is 1.64. The highest BCUT2D eigenvalue weighted by Crippen LogP contribution is 2.22. The fourth-order valence-electron chi connectivity index (χ4n) is 3.12. The number of benzene rings is 2. The highest BCUT2D eigenvalue weighted by atomic mass is 16.5. The van der Waals surface area contributed by atoms with Crippen LogP contribution in [0.25, 0.3) is 10.8 Å². The summed E-state index contributed by atoms with van der Waals surface area (Å²) in [5.41, 5.74) is 1.02. The van der Waals surface area contributed by atoms with Crippen LogP contribution in [0.5, 0.6) is 0 Å². The lowest BCUT2D eigenvalue weighted by Crippen LogP contribution is -2.40. The highest BCUT2D eigenvalue weighted by Gasteiger charge is 2.19. The lowest BCUT2D eigenvalue weighted by atomic mass is 10.1. The van der Waals surface area contributed by atoms with E-state index in [1.54, 1.807) is 0 Å². The molecular weight excluding hydrogens is 370 g/mol. The van der Waals surface area contributed by atoms with E-state index in [0.29, 0.717) is 32.4 Å². The van der Waals surface area contributed by atoms with Crippen molar-refractivity contribution in [2.45, 2.75) is 38.6 Å². The minimum absolute atomic E-state index is 0.0240. The van der Waals surface area contributed by atoms with Gasteiger partial charge in [0.15, 0.2) is 0 Å². The van der Waals surface area contributed by atoms with Crippen molar-refractivity contribution in [3.8, 4) is 0 Å². The molecule has 1 atom stereocenters. The molecule has 2 aromatic rings. The molecule has 156 valence electrons. The van der Waals surface area contributed by atoms with E-state index in [-0.39, 0.29) is 11.8 Å². The molecule has 29 heavy (non-hydrogen) atoms. The number of hydrogen-bond donors (Lipinski definition) is 3.